The van der Waals surface area contributed by atoms with E-state index in [1.54, 1.807) is 0 Å². The summed E-state index contributed by atoms with van der Waals surface area (Å²) in [5, 5.41) is 44.4. The molecule has 0 saturated carbocycles. The average Bonchev–Trinajstić information content (AvgIpc) is 2.97. The molecule has 3 atom stereocenters. The summed E-state index contributed by atoms with van der Waals surface area (Å²) >= 11 is 0. The number of hydrogen-bond acceptors (Lipinski definition) is 9. The van der Waals surface area contributed by atoms with Crippen molar-refractivity contribution in [3.8, 4) is 0 Å². The number of aliphatic hydroxyl groups excluding tert-OH is 4. The van der Waals surface area contributed by atoms with Gasteiger partial charge in [-0.3, -0.25) is 10.1 Å². The van der Waals surface area contributed by atoms with Gasteiger partial charge in [0.05, 0.1) is 17.7 Å². The van der Waals surface area contributed by atoms with Crippen molar-refractivity contribution in [3.63, 3.8) is 0 Å². The summed E-state index contributed by atoms with van der Waals surface area (Å²) < 4.78 is 24.3. The molecule has 0 spiro atoms. The molecular formula is C15H18N4O8S. The molecule has 1 aliphatic heterocycles. The van der Waals surface area contributed by atoms with Crippen molar-refractivity contribution >= 4 is 34.3 Å². The molecule has 1 aliphatic rings. The van der Waals surface area contributed by atoms with E-state index in [-0.39, 0.29) is 10.6 Å². The van der Waals surface area contributed by atoms with Crippen LogP contribution >= 0.6 is 0 Å². The number of amides is 3. The number of aliphatic hydroxyl groups is 4. The zero-order valence-corrected chi connectivity index (χ0v) is 15.0. The molecule has 1 heterocycles. The van der Waals surface area contributed by atoms with Crippen molar-refractivity contribution in [3.05, 3.63) is 35.5 Å². The summed E-state index contributed by atoms with van der Waals surface area (Å²) in [5.74, 6) is -0.607. The Hall–Kier alpha value is -2.84. The molecule has 12 nitrogen and oxygen atoms in total. The highest BCUT2D eigenvalue weighted by Crippen LogP contribution is 2.13. The van der Waals surface area contributed by atoms with Crippen LogP contribution in [0.25, 0.3) is 6.08 Å². The largest absolute Gasteiger partial charge is 0.394 e. The van der Waals surface area contributed by atoms with Crippen molar-refractivity contribution < 1.29 is 38.4 Å². The van der Waals surface area contributed by atoms with Gasteiger partial charge in [-0.15, -0.1) is 0 Å². The van der Waals surface area contributed by atoms with Crippen LogP contribution in [0.2, 0.25) is 0 Å². The highest BCUT2D eigenvalue weighted by Gasteiger charge is 2.24. The first-order chi connectivity index (χ1) is 13.1. The first-order valence-electron chi connectivity index (χ1n) is 7.78. The van der Waals surface area contributed by atoms with Crippen molar-refractivity contribution in [1.29, 1.82) is 0 Å². The number of rotatable bonds is 8. The maximum absolute atomic E-state index is 12.1. The van der Waals surface area contributed by atoms with Crippen molar-refractivity contribution in [2.45, 2.75) is 23.2 Å². The van der Waals surface area contributed by atoms with Gasteiger partial charge in [-0.25, -0.2) is 9.63 Å². The molecule has 0 aromatic heterocycles. The Labute approximate surface area is 159 Å². The van der Waals surface area contributed by atoms with Crippen LogP contribution in [-0.4, -0.2) is 71.9 Å². The predicted octanol–water partition coefficient (Wildman–Crippen LogP) is -2.79. The molecule has 152 valence electrons. The molecule has 7 N–H and O–H groups in total. The molecule has 3 amide bonds. The minimum atomic E-state index is -4.09. The van der Waals surface area contributed by atoms with Crippen LogP contribution in [0.4, 0.5) is 4.79 Å². The number of urea groups is 1. The second kappa shape index (κ2) is 8.90. The fourth-order valence-corrected chi connectivity index (χ4v) is 2.84. The lowest BCUT2D eigenvalue weighted by Gasteiger charge is -2.18. The molecule has 1 aromatic rings. The number of carbonyl (C=O) groups is 2. The van der Waals surface area contributed by atoms with E-state index in [0.29, 0.717) is 11.8 Å². The average molecular weight is 414 g/mol. The Balaban J connectivity index is 2.04. The van der Waals surface area contributed by atoms with E-state index in [1.165, 1.54) is 30.3 Å². The van der Waals surface area contributed by atoms with Gasteiger partial charge < -0.3 is 25.7 Å². The smallest absolute Gasteiger partial charge is 0.326 e. The van der Waals surface area contributed by atoms with Crippen LogP contribution < -0.4 is 15.5 Å². The molecule has 1 aromatic carbocycles. The van der Waals surface area contributed by atoms with Gasteiger partial charge in [0.25, 0.3) is 15.9 Å². The van der Waals surface area contributed by atoms with Gasteiger partial charge in [0, 0.05) is 0 Å². The molecular weight excluding hydrogens is 396 g/mol. The second-order valence-electron chi connectivity index (χ2n) is 5.64. The molecule has 13 heteroatoms. The topological polar surface area (TPSA) is 198 Å². The molecule has 28 heavy (non-hydrogen) atoms. The summed E-state index contributed by atoms with van der Waals surface area (Å²) in [7, 11) is -4.09. The molecule has 3 unspecified atom stereocenters. The van der Waals surface area contributed by atoms with E-state index in [0.717, 1.165) is 0 Å². The Bertz CT molecular complexity index is 897. The van der Waals surface area contributed by atoms with E-state index in [1.807, 2.05) is 10.1 Å². The number of imide groups is 1. The van der Waals surface area contributed by atoms with E-state index >= 15 is 0 Å². The number of hydrazone groups is 1. The maximum Gasteiger partial charge on any atom is 0.326 e. The lowest BCUT2D eigenvalue weighted by atomic mass is 10.1. The molecule has 0 aliphatic carbocycles. The highest BCUT2D eigenvalue weighted by atomic mass is 32.2. The van der Waals surface area contributed by atoms with E-state index in [4.69, 9.17) is 5.11 Å². The standard InChI is InChI=1S/C15H18N4O8S/c20-7-12(22)13(23)11(21)6-16-19-28(26,27)9-3-1-8(2-4-9)5-10-14(24)18-15(25)17-10/h1-6,11-13,19-23H,7H2,(H2,17,18,24,25)/b10-5-,16-6-. The Morgan fingerprint density at radius 2 is 1.75 bits per heavy atom. The van der Waals surface area contributed by atoms with E-state index in [2.05, 4.69) is 10.4 Å². The van der Waals surface area contributed by atoms with Crippen LogP contribution in [0, 0.1) is 0 Å². The van der Waals surface area contributed by atoms with Gasteiger partial charge in [0.15, 0.2) is 0 Å². The quantitative estimate of drug-likeness (QED) is 0.102. The minimum absolute atomic E-state index is 0.0148. The van der Waals surface area contributed by atoms with Gasteiger partial charge in [-0.05, 0) is 23.8 Å². The summed E-state index contributed by atoms with van der Waals surface area (Å²) in [6, 6.07) is 4.56. The fourth-order valence-electron chi connectivity index (χ4n) is 2.04. The lowest BCUT2D eigenvalue weighted by molar-refractivity contribution is -0.115. The Kier molecular flexibility index (Phi) is 6.82. The third kappa shape index (κ3) is 5.34. The van der Waals surface area contributed by atoms with E-state index in [9.17, 15) is 33.3 Å². The fraction of sp³-hybridized carbons (Fsp3) is 0.267. The molecule has 0 bridgehead atoms. The lowest BCUT2D eigenvalue weighted by Crippen LogP contribution is -2.40. The number of nitrogens with one attached hydrogen (secondary N) is 3. The van der Waals surface area contributed by atoms with Crippen LogP contribution in [0.5, 0.6) is 0 Å². The number of benzene rings is 1. The monoisotopic (exact) mass is 414 g/mol. The second-order valence-corrected chi connectivity index (χ2v) is 7.30. The first kappa shape index (κ1) is 21.5. The molecule has 2 rings (SSSR count). The van der Waals surface area contributed by atoms with Gasteiger partial charge in [-0.1, -0.05) is 12.1 Å². The predicted molar refractivity (Wildman–Crippen MR) is 95.0 cm³/mol. The normalized spacial score (nSPS) is 19.4. The van der Waals surface area contributed by atoms with Crippen molar-refractivity contribution in [1.82, 2.24) is 15.5 Å². The van der Waals surface area contributed by atoms with Gasteiger partial charge >= 0.3 is 6.03 Å². The number of hydrogen-bond donors (Lipinski definition) is 7. The van der Waals surface area contributed by atoms with Gasteiger partial charge in [-0.2, -0.15) is 13.5 Å². The maximum atomic E-state index is 12.1. The van der Waals surface area contributed by atoms with Crippen LogP contribution in [0.1, 0.15) is 5.56 Å². The minimum Gasteiger partial charge on any atom is -0.394 e. The van der Waals surface area contributed by atoms with Crippen molar-refractivity contribution in [2.24, 2.45) is 5.10 Å². The van der Waals surface area contributed by atoms with Crippen LogP contribution in [0.3, 0.4) is 0 Å². The highest BCUT2D eigenvalue weighted by molar-refractivity contribution is 7.89. The SMILES string of the molecule is O=C1NC(=O)/C(=C/c2ccc(S(=O)(=O)N/N=C\C(O)C(O)C(O)CO)cc2)N1. The van der Waals surface area contributed by atoms with Crippen LogP contribution in [-0.2, 0) is 14.8 Å². The number of nitrogens with zero attached hydrogens (tertiary/aromatic N) is 1. The Morgan fingerprint density at radius 1 is 1.11 bits per heavy atom. The van der Waals surface area contributed by atoms with Gasteiger partial charge in [0.1, 0.15) is 24.0 Å². The van der Waals surface area contributed by atoms with Crippen molar-refractivity contribution in [2.75, 3.05) is 6.61 Å². The zero-order chi connectivity index (χ0) is 20.9. The first-order valence-corrected chi connectivity index (χ1v) is 9.26. The van der Waals surface area contributed by atoms with Crippen LogP contribution in [0.15, 0.2) is 40.0 Å². The van der Waals surface area contributed by atoms with Gasteiger partial charge in [0.2, 0.25) is 0 Å². The third-order valence-electron chi connectivity index (χ3n) is 3.55. The molecule has 1 saturated heterocycles. The van der Waals surface area contributed by atoms with E-state index < -0.39 is 46.9 Å². The Morgan fingerprint density at radius 3 is 2.29 bits per heavy atom. The zero-order valence-electron chi connectivity index (χ0n) is 14.2. The third-order valence-corrected chi connectivity index (χ3v) is 4.79. The molecule has 1 fully saturated rings. The molecule has 0 radical (unpaired) electrons. The summed E-state index contributed by atoms with van der Waals surface area (Å²) in [5.41, 5.74) is 0.465. The number of sulfonamides is 1. The summed E-state index contributed by atoms with van der Waals surface area (Å²) in [6.45, 7) is -0.800. The number of carbonyl (C=O) groups excluding carboxylic acids is 2. The summed E-state index contributed by atoms with van der Waals surface area (Å²) in [4.78, 5) is 24.1. The summed E-state index contributed by atoms with van der Waals surface area (Å²) in [6.07, 6.45) is -3.08.